The molecule has 0 fully saturated rings. The fourth-order valence-electron chi connectivity index (χ4n) is 3.03. The second-order valence-electron chi connectivity index (χ2n) is 6.11. The van der Waals surface area contributed by atoms with Crippen LogP contribution in [0, 0.1) is 0 Å². The summed E-state index contributed by atoms with van der Waals surface area (Å²) in [5.41, 5.74) is 2.47. The number of fused-ring (bicyclic) bond motifs is 1. The Morgan fingerprint density at radius 1 is 1.16 bits per heavy atom. The molecule has 2 atom stereocenters. The number of halogens is 3. The van der Waals surface area contributed by atoms with Crippen molar-refractivity contribution in [1.82, 2.24) is 5.32 Å². The van der Waals surface area contributed by atoms with Gasteiger partial charge in [0.2, 0.25) is 0 Å². The summed E-state index contributed by atoms with van der Waals surface area (Å²) in [6, 6.07) is 11.2. The van der Waals surface area contributed by atoms with Gasteiger partial charge in [-0.25, -0.2) is 0 Å². The highest BCUT2D eigenvalue weighted by Gasteiger charge is 2.24. The molecule has 0 aromatic heterocycles. The molecule has 6 heteroatoms. The van der Waals surface area contributed by atoms with Crippen LogP contribution >= 0.6 is 34.8 Å². The zero-order chi connectivity index (χ0) is 18.0. The Morgan fingerprint density at radius 2 is 1.88 bits per heavy atom. The molecule has 0 saturated heterocycles. The Hall–Kier alpha value is -1.42. The van der Waals surface area contributed by atoms with Gasteiger partial charge < -0.3 is 10.1 Å². The lowest BCUT2D eigenvalue weighted by molar-refractivity contribution is -0.128. The van der Waals surface area contributed by atoms with Crippen molar-refractivity contribution in [3.8, 4) is 5.75 Å². The first-order chi connectivity index (χ1) is 12.0. The number of ether oxygens (including phenoxy) is 1. The number of hydrogen-bond donors (Lipinski definition) is 1. The molecule has 3 rings (SSSR count). The zero-order valence-electron chi connectivity index (χ0n) is 13.7. The van der Waals surface area contributed by atoms with Gasteiger partial charge in [-0.1, -0.05) is 59.1 Å². The molecule has 3 nitrogen and oxygen atoms in total. The summed E-state index contributed by atoms with van der Waals surface area (Å²) in [4.78, 5) is 12.6. The molecule has 2 aromatic carbocycles. The van der Waals surface area contributed by atoms with Crippen LogP contribution in [0.5, 0.6) is 5.75 Å². The van der Waals surface area contributed by atoms with Crippen molar-refractivity contribution in [2.24, 2.45) is 0 Å². The number of carbonyl (C=O) groups is 1. The van der Waals surface area contributed by atoms with Gasteiger partial charge in [-0.2, -0.15) is 0 Å². The molecule has 0 bridgehead atoms. The predicted molar refractivity (Wildman–Crippen MR) is 102 cm³/mol. The van der Waals surface area contributed by atoms with Crippen LogP contribution in [-0.4, -0.2) is 12.0 Å². The molecule has 0 radical (unpaired) electrons. The molecule has 132 valence electrons. The summed E-state index contributed by atoms with van der Waals surface area (Å²) >= 11 is 18.0. The Morgan fingerprint density at radius 3 is 2.68 bits per heavy atom. The number of carbonyl (C=O) groups excluding carboxylic acids is 1. The summed E-state index contributed by atoms with van der Waals surface area (Å²) < 4.78 is 5.69. The number of benzene rings is 2. The van der Waals surface area contributed by atoms with E-state index in [0.717, 1.165) is 19.3 Å². The average Bonchev–Trinajstić information content (AvgIpc) is 2.60. The van der Waals surface area contributed by atoms with E-state index >= 15 is 0 Å². The van der Waals surface area contributed by atoms with E-state index in [1.807, 2.05) is 12.1 Å². The van der Waals surface area contributed by atoms with Crippen LogP contribution in [0.3, 0.4) is 0 Å². The lowest BCUT2D eigenvalue weighted by Gasteiger charge is -2.27. The number of amides is 1. The molecule has 1 aliphatic carbocycles. The number of nitrogens with one attached hydrogen (secondary N) is 1. The van der Waals surface area contributed by atoms with Gasteiger partial charge >= 0.3 is 0 Å². The highest BCUT2D eigenvalue weighted by Crippen LogP contribution is 2.34. The molecule has 0 heterocycles. The van der Waals surface area contributed by atoms with Crippen LogP contribution in [0.1, 0.15) is 36.9 Å². The minimum atomic E-state index is -0.705. The summed E-state index contributed by atoms with van der Waals surface area (Å²) in [5.74, 6) is 0.145. The van der Waals surface area contributed by atoms with E-state index in [9.17, 15) is 4.79 Å². The molecule has 0 saturated carbocycles. The molecular weight excluding hydrogens is 381 g/mol. The van der Waals surface area contributed by atoms with E-state index in [1.165, 1.54) is 23.3 Å². The Labute approximate surface area is 162 Å². The normalized spacial score (nSPS) is 17.5. The van der Waals surface area contributed by atoms with Crippen LogP contribution in [0.4, 0.5) is 0 Å². The third-order valence-corrected chi connectivity index (χ3v) is 5.35. The molecule has 0 unspecified atom stereocenters. The highest BCUT2D eigenvalue weighted by molar-refractivity contribution is 6.43. The van der Waals surface area contributed by atoms with Gasteiger partial charge in [-0.15, -0.1) is 0 Å². The van der Waals surface area contributed by atoms with Gasteiger partial charge in [0.1, 0.15) is 5.75 Å². The SMILES string of the molecule is C[C@H](Oc1cc(Cl)c(Cl)cc1Cl)C(=O)N[C@@H]1CCCc2ccccc21. The maximum atomic E-state index is 12.6. The summed E-state index contributed by atoms with van der Waals surface area (Å²) in [6.07, 6.45) is 2.32. The number of aryl methyl sites for hydroxylation is 1. The van der Waals surface area contributed by atoms with Crippen LogP contribution < -0.4 is 10.1 Å². The Kier molecular flexibility index (Phi) is 5.78. The minimum absolute atomic E-state index is 0.00720. The Balaban J connectivity index is 1.69. The van der Waals surface area contributed by atoms with Crippen molar-refractivity contribution in [2.75, 3.05) is 0 Å². The largest absolute Gasteiger partial charge is 0.479 e. The first kappa shape index (κ1) is 18.4. The fraction of sp³-hybridized carbons (Fsp3) is 0.316. The quantitative estimate of drug-likeness (QED) is 0.680. The van der Waals surface area contributed by atoms with Crippen LogP contribution in [0.15, 0.2) is 36.4 Å². The standard InChI is InChI=1S/C19H18Cl3NO2/c1-11(25-18-10-15(21)14(20)9-16(18)22)19(24)23-17-8-4-6-12-5-2-3-7-13(12)17/h2-3,5,7,9-11,17H,4,6,8H2,1H3,(H,23,24)/t11-,17+/m0/s1. The van der Waals surface area contributed by atoms with Crippen molar-refractivity contribution < 1.29 is 9.53 Å². The van der Waals surface area contributed by atoms with Gasteiger partial charge in [-0.3, -0.25) is 4.79 Å². The molecule has 1 N–H and O–H groups in total. The second kappa shape index (κ2) is 7.86. The van der Waals surface area contributed by atoms with Gasteiger partial charge in [0.15, 0.2) is 6.10 Å². The van der Waals surface area contributed by atoms with E-state index in [0.29, 0.717) is 20.8 Å². The number of hydrogen-bond acceptors (Lipinski definition) is 2. The maximum absolute atomic E-state index is 12.6. The fourth-order valence-corrected chi connectivity index (χ4v) is 3.61. The average molecular weight is 399 g/mol. The van der Waals surface area contributed by atoms with E-state index in [1.54, 1.807) is 6.92 Å². The predicted octanol–water partition coefficient (Wildman–Crippen LogP) is 5.61. The van der Waals surface area contributed by atoms with E-state index in [2.05, 4.69) is 17.4 Å². The van der Waals surface area contributed by atoms with Crippen molar-refractivity contribution in [3.05, 3.63) is 62.6 Å². The molecule has 2 aromatic rings. The van der Waals surface area contributed by atoms with Gasteiger partial charge in [0.25, 0.3) is 5.91 Å². The third kappa shape index (κ3) is 4.22. The molecule has 0 spiro atoms. The lowest BCUT2D eigenvalue weighted by Crippen LogP contribution is -2.39. The third-order valence-electron chi connectivity index (χ3n) is 4.33. The minimum Gasteiger partial charge on any atom is -0.479 e. The first-order valence-electron chi connectivity index (χ1n) is 8.15. The molecule has 25 heavy (non-hydrogen) atoms. The zero-order valence-corrected chi connectivity index (χ0v) is 16.0. The summed E-state index contributed by atoms with van der Waals surface area (Å²) in [5, 5.41) is 4.06. The molecule has 1 amide bonds. The maximum Gasteiger partial charge on any atom is 0.261 e. The smallest absolute Gasteiger partial charge is 0.261 e. The molecular formula is C19H18Cl3NO2. The van der Waals surface area contributed by atoms with Crippen LogP contribution in [0.2, 0.25) is 15.1 Å². The highest BCUT2D eigenvalue weighted by atomic mass is 35.5. The van der Waals surface area contributed by atoms with Crippen molar-refractivity contribution in [3.63, 3.8) is 0 Å². The van der Waals surface area contributed by atoms with Gasteiger partial charge in [0.05, 0.1) is 21.1 Å². The van der Waals surface area contributed by atoms with E-state index < -0.39 is 6.10 Å². The Bertz CT molecular complexity index is 794. The molecule has 0 aliphatic heterocycles. The lowest BCUT2D eigenvalue weighted by atomic mass is 9.87. The summed E-state index contributed by atoms with van der Waals surface area (Å²) in [7, 11) is 0. The van der Waals surface area contributed by atoms with E-state index in [-0.39, 0.29) is 11.9 Å². The monoisotopic (exact) mass is 397 g/mol. The first-order valence-corrected chi connectivity index (χ1v) is 9.28. The van der Waals surface area contributed by atoms with Crippen LogP contribution in [0.25, 0.3) is 0 Å². The van der Waals surface area contributed by atoms with Crippen LogP contribution in [-0.2, 0) is 11.2 Å². The van der Waals surface area contributed by atoms with Crippen molar-refractivity contribution in [2.45, 2.75) is 38.3 Å². The second-order valence-corrected chi connectivity index (χ2v) is 7.33. The van der Waals surface area contributed by atoms with Gasteiger partial charge in [-0.05, 0) is 43.4 Å². The van der Waals surface area contributed by atoms with E-state index in [4.69, 9.17) is 39.5 Å². The van der Waals surface area contributed by atoms with Crippen molar-refractivity contribution >= 4 is 40.7 Å². The van der Waals surface area contributed by atoms with Crippen molar-refractivity contribution in [1.29, 1.82) is 0 Å². The molecule has 1 aliphatic rings. The summed E-state index contributed by atoms with van der Waals surface area (Å²) in [6.45, 7) is 1.68. The topological polar surface area (TPSA) is 38.3 Å². The van der Waals surface area contributed by atoms with Gasteiger partial charge in [0, 0.05) is 6.07 Å². The number of rotatable bonds is 4.